The number of carbonyl (C=O) groups excluding carboxylic acids is 1. The van der Waals surface area contributed by atoms with E-state index in [1.807, 2.05) is 0 Å². The Morgan fingerprint density at radius 3 is 2.43 bits per heavy atom. The molecule has 4 nitrogen and oxygen atoms in total. The average Bonchev–Trinajstić information content (AvgIpc) is 1.61. The molecule has 1 amide bonds. The molecular formula is C2H6NO3P. The molecule has 0 aromatic carbocycles. The van der Waals surface area contributed by atoms with Crippen LogP contribution in [-0.2, 0) is 4.79 Å². The SMILES string of the molecule is O=CNCP(O)O. The highest BCUT2D eigenvalue weighted by Gasteiger charge is 1.91. The highest BCUT2D eigenvalue weighted by atomic mass is 31.2. The van der Waals surface area contributed by atoms with Gasteiger partial charge in [0.1, 0.15) is 0 Å². The zero-order valence-corrected chi connectivity index (χ0v) is 4.43. The van der Waals surface area contributed by atoms with E-state index in [1.54, 1.807) is 0 Å². The van der Waals surface area contributed by atoms with Gasteiger partial charge in [0, 0.05) is 0 Å². The first kappa shape index (κ1) is 6.82. The van der Waals surface area contributed by atoms with Gasteiger partial charge < -0.3 is 15.1 Å². The van der Waals surface area contributed by atoms with E-state index in [9.17, 15) is 4.79 Å². The Bertz CT molecular complexity index is 56.9. The van der Waals surface area contributed by atoms with Crippen LogP contribution in [0.1, 0.15) is 0 Å². The summed E-state index contributed by atoms with van der Waals surface area (Å²) in [5.41, 5.74) is 0. The molecular weight excluding hydrogens is 117 g/mol. The van der Waals surface area contributed by atoms with Gasteiger partial charge in [-0.15, -0.1) is 0 Å². The summed E-state index contributed by atoms with van der Waals surface area (Å²) in [5.74, 6) is 0. The molecule has 0 rings (SSSR count). The Hall–Kier alpha value is -0.180. The summed E-state index contributed by atoms with van der Waals surface area (Å²) in [6, 6.07) is 0. The lowest BCUT2D eigenvalue weighted by atomic mass is 11.2. The van der Waals surface area contributed by atoms with Gasteiger partial charge in [-0.05, 0) is 0 Å². The summed E-state index contributed by atoms with van der Waals surface area (Å²) in [6.07, 6.45) is 0.376. The smallest absolute Gasteiger partial charge is 0.207 e. The molecule has 0 aliphatic rings. The van der Waals surface area contributed by atoms with Crippen LogP contribution >= 0.6 is 8.38 Å². The van der Waals surface area contributed by atoms with Gasteiger partial charge in [0.15, 0.2) is 8.38 Å². The Morgan fingerprint density at radius 2 is 2.29 bits per heavy atom. The molecule has 0 aliphatic heterocycles. The predicted octanol–water partition coefficient (Wildman–Crippen LogP) is -1.01. The maximum Gasteiger partial charge on any atom is 0.207 e. The molecule has 0 saturated carbocycles. The number of hydrogen-bond acceptors (Lipinski definition) is 3. The average molecular weight is 123 g/mol. The minimum Gasteiger partial charge on any atom is -0.350 e. The van der Waals surface area contributed by atoms with Gasteiger partial charge in [-0.2, -0.15) is 0 Å². The number of rotatable bonds is 3. The molecule has 0 aliphatic carbocycles. The molecule has 0 aromatic heterocycles. The monoisotopic (exact) mass is 123 g/mol. The lowest BCUT2D eigenvalue weighted by Crippen LogP contribution is -2.09. The van der Waals surface area contributed by atoms with Crippen molar-refractivity contribution in [2.75, 3.05) is 6.29 Å². The summed E-state index contributed by atoms with van der Waals surface area (Å²) >= 11 is 0. The maximum absolute atomic E-state index is 9.39. The van der Waals surface area contributed by atoms with Crippen molar-refractivity contribution in [3.63, 3.8) is 0 Å². The molecule has 0 spiro atoms. The van der Waals surface area contributed by atoms with Crippen LogP contribution in [0.15, 0.2) is 0 Å². The van der Waals surface area contributed by atoms with Gasteiger partial charge in [0.25, 0.3) is 0 Å². The summed E-state index contributed by atoms with van der Waals surface area (Å²) in [4.78, 5) is 25.6. The van der Waals surface area contributed by atoms with Gasteiger partial charge in [-0.3, -0.25) is 4.79 Å². The van der Waals surface area contributed by atoms with Crippen molar-refractivity contribution in [1.82, 2.24) is 5.32 Å². The standard InChI is InChI=1S/C2H6NO3P/c4-1-3-2-7(5)6/h1,5-6H,2H2,(H,3,4). The normalized spacial score (nSPS) is 9.00. The van der Waals surface area contributed by atoms with Crippen LogP contribution in [0.4, 0.5) is 0 Å². The summed E-state index contributed by atoms with van der Waals surface area (Å²) in [7, 11) is -1.95. The van der Waals surface area contributed by atoms with E-state index in [1.165, 1.54) is 0 Å². The summed E-state index contributed by atoms with van der Waals surface area (Å²) in [6.45, 7) is 0. The van der Waals surface area contributed by atoms with Gasteiger partial charge in [-0.25, -0.2) is 0 Å². The molecule has 0 radical (unpaired) electrons. The van der Waals surface area contributed by atoms with Crippen LogP contribution in [0.2, 0.25) is 0 Å². The van der Waals surface area contributed by atoms with Crippen molar-refractivity contribution in [3.05, 3.63) is 0 Å². The largest absolute Gasteiger partial charge is 0.350 e. The van der Waals surface area contributed by atoms with E-state index in [0.717, 1.165) is 0 Å². The van der Waals surface area contributed by atoms with Crippen LogP contribution in [0.5, 0.6) is 0 Å². The predicted molar refractivity (Wildman–Crippen MR) is 25.4 cm³/mol. The van der Waals surface area contributed by atoms with Crippen molar-refractivity contribution >= 4 is 14.8 Å². The Balaban J connectivity index is 2.81. The van der Waals surface area contributed by atoms with Gasteiger partial charge >= 0.3 is 0 Å². The molecule has 0 atom stereocenters. The fraction of sp³-hybridized carbons (Fsp3) is 0.500. The third-order valence-electron chi connectivity index (χ3n) is 0.316. The second kappa shape index (κ2) is 3.99. The quantitative estimate of drug-likeness (QED) is 0.332. The van der Waals surface area contributed by atoms with Gasteiger partial charge in [0.2, 0.25) is 6.41 Å². The molecule has 0 fully saturated rings. The van der Waals surface area contributed by atoms with Crippen molar-refractivity contribution in [2.45, 2.75) is 0 Å². The maximum atomic E-state index is 9.39. The minimum absolute atomic E-state index is 0.0428. The van der Waals surface area contributed by atoms with Gasteiger partial charge in [-0.1, -0.05) is 0 Å². The molecule has 0 bridgehead atoms. The molecule has 3 N–H and O–H groups in total. The Morgan fingerprint density at radius 1 is 1.71 bits per heavy atom. The van der Waals surface area contributed by atoms with Crippen LogP contribution in [0, 0.1) is 0 Å². The lowest BCUT2D eigenvalue weighted by Gasteiger charge is -1.96. The number of nitrogens with one attached hydrogen (secondary N) is 1. The van der Waals surface area contributed by atoms with Crippen LogP contribution in [-0.4, -0.2) is 22.5 Å². The first-order chi connectivity index (χ1) is 3.27. The van der Waals surface area contributed by atoms with Crippen molar-refractivity contribution in [2.24, 2.45) is 0 Å². The van der Waals surface area contributed by atoms with Crippen LogP contribution in [0.25, 0.3) is 0 Å². The number of hydrogen-bond donors (Lipinski definition) is 3. The minimum atomic E-state index is -1.95. The molecule has 0 aromatic rings. The fourth-order valence-corrected chi connectivity index (χ4v) is 0.357. The second-order valence-electron chi connectivity index (χ2n) is 0.852. The molecule has 5 heteroatoms. The van der Waals surface area contributed by atoms with E-state index in [0.29, 0.717) is 6.41 Å². The van der Waals surface area contributed by atoms with Crippen molar-refractivity contribution < 1.29 is 14.6 Å². The highest BCUT2D eigenvalue weighted by Crippen LogP contribution is 2.18. The van der Waals surface area contributed by atoms with Crippen molar-refractivity contribution in [3.8, 4) is 0 Å². The summed E-state index contributed by atoms with van der Waals surface area (Å²) in [5, 5.41) is 2.10. The Labute approximate surface area is 42.1 Å². The Kier molecular flexibility index (Phi) is 3.89. The number of carbonyl (C=O) groups is 1. The molecule has 0 saturated heterocycles. The van der Waals surface area contributed by atoms with E-state index in [-0.39, 0.29) is 6.29 Å². The first-order valence-electron chi connectivity index (χ1n) is 1.59. The third-order valence-corrected chi connectivity index (χ3v) is 0.781. The van der Waals surface area contributed by atoms with E-state index < -0.39 is 8.38 Å². The van der Waals surface area contributed by atoms with Crippen molar-refractivity contribution in [1.29, 1.82) is 0 Å². The zero-order valence-electron chi connectivity index (χ0n) is 3.53. The number of amides is 1. The molecule has 42 valence electrons. The van der Waals surface area contributed by atoms with E-state index >= 15 is 0 Å². The topological polar surface area (TPSA) is 69.6 Å². The highest BCUT2D eigenvalue weighted by molar-refractivity contribution is 7.45. The molecule has 7 heavy (non-hydrogen) atoms. The van der Waals surface area contributed by atoms with Crippen LogP contribution in [0.3, 0.4) is 0 Å². The van der Waals surface area contributed by atoms with Crippen LogP contribution < -0.4 is 5.32 Å². The third kappa shape index (κ3) is 5.82. The van der Waals surface area contributed by atoms with Gasteiger partial charge in [0.05, 0.1) is 6.29 Å². The molecule has 0 unspecified atom stereocenters. The second-order valence-corrected chi connectivity index (χ2v) is 1.91. The summed E-state index contributed by atoms with van der Waals surface area (Å²) < 4.78 is 0. The first-order valence-corrected chi connectivity index (χ1v) is 3.03. The fourth-order valence-electron chi connectivity index (χ4n) is 0.119. The van der Waals surface area contributed by atoms with E-state index in [4.69, 9.17) is 9.79 Å². The van der Waals surface area contributed by atoms with E-state index in [2.05, 4.69) is 5.32 Å². The molecule has 0 heterocycles. The zero-order chi connectivity index (χ0) is 5.70. The lowest BCUT2D eigenvalue weighted by molar-refractivity contribution is -0.109.